The summed E-state index contributed by atoms with van der Waals surface area (Å²) in [5.74, 6) is -0.633. The van der Waals surface area contributed by atoms with E-state index in [0.717, 1.165) is 5.56 Å². The van der Waals surface area contributed by atoms with Crippen LogP contribution in [0.2, 0.25) is 5.02 Å². The second-order valence-electron chi connectivity index (χ2n) is 7.23. The molecule has 2 heterocycles. The number of nitrogens with zero attached hydrogens (tertiary/aromatic N) is 3. The van der Waals surface area contributed by atoms with Crippen LogP contribution >= 0.6 is 11.6 Å². The standard InChI is InChI=1S/C22H20ClFN4O3/c1-31-15-4-2-3-13(9-15)10-19(29)27-7-8-28-18(12-27)20(22(25)30)21(26-28)14-5-6-17(24)16(23)11-14/h2-6,9,11H,7-8,10,12H2,1H3,(H2,25,30). The zero-order valence-electron chi connectivity index (χ0n) is 16.8. The molecule has 2 N–H and O–H groups in total. The van der Waals surface area contributed by atoms with E-state index in [1.807, 2.05) is 24.3 Å². The van der Waals surface area contributed by atoms with Gasteiger partial charge in [0.2, 0.25) is 5.91 Å². The van der Waals surface area contributed by atoms with Gasteiger partial charge in [-0.3, -0.25) is 14.3 Å². The predicted molar refractivity (Wildman–Crippen MR) is 113 cm³/mol. The molecule has 0 saturated heterocycles. The van der Waals surface area contributed by atoms with Gasteiger partial charge in [-0.25, -0.2) is 4.39 Å². The van der Waals surface area contributed by atoms with E-state index in [9.17, 15) is 14.0 Å². The van der Waals surface area contributed by atoms with Gasteiger partial charge in [-0.2, -0.15) is 5.10 Å². The third-order valence-corrected chi connectivity index (χ3v) is 5.55. The Balaban J connectivity index is 1.62. The van der Waals surface area contributed by atoms with Crippen LogP contribution in [0.5, 0.6) is 5.75 Å². The fourth-order valence-corrected chi connectivity index (χ4v) is 3.88. The van der Waals surface area contributed by atoms with Gasteiger partial charge in [-0.05, 0) is 35.9 Å². The number of nitrogens with two attached hydrogens (primary N) is 1. The molecular formula is C22H20ClFN4O3. The quantitative estimate of drug-likeness (QED) is 0.657. The Hall–Kier alpha value is -3.39. The summed E-state index contributed by atoms with van der Waals surface area (Å²) in [5, 5.41) is 4.42. The van der Waals surface area contributed by atoms with Crippen molar-refractivity contribution in [3.63, 3.8) is 0 Å². The molecule has 4 rings (SSSR count). The Bertz CT molecular complexity index is 1180. The molecule has 1 aliphatic heterocycles. The highest BCUT2D eigenvalue weighted by atomic mass is 35.5. The maximum atomic E-state index is 13.6. The van der Waals surface area contributed by atoms with Crippen molar-refractivity contribution >= 4 is 23.4 Å². The average Bonchev–Trinajstić information content (AvgIpc) is 3.14. The largest absolute Gasteiger partial charge is 0.497 e. The lowest BCUT2D eigenvalue weighted by molar-refractivity contribution is -0.132. The zero-order chi connectivity index (χ0) is 22.1. The normalized spacial score (nSPS) is 13.1. The number of methoxy groups -OCH3 is 1. The molecule has 0 saturated carbocycles. The molecule has 7 nitrogen and oxygen atoms in total. The number of halogens is 2. The van der Waals surface area contributed by atoms with Crippen LogP contribution in [-0.4, -0.2) is 40.1 Å². The topological polar surface area (TPSA) is 90.4 Å². The van der Waals surface area contributed by atoms with Crippen molar-refractivity contribution in [3.8, 4) is 17.0 Å². The second kappa shape index (κ2) is 8.39. The number of amides is 2. The number of aromatic nitrogens is 2. The van der Waals surface area contributed by atoms with Gasteiger partial charge >= 0.3 is 0 Å². The number of carbonyl (C=O) groups excluding carboxylic acids is 2. The fraction of sp³-hybridized carbons (Fsp3) is 0.227. The molecule has 0 bridgehead atoms. The van der Waals surface area contributed by atoms with E-state index < -0.39 is 11.7 Å². The molecular weight excluding hydrogens is 423 g/mol. The number of benzene rings is 2. The lowest BCUT2D eigenvalue weighted by Gasteiger charge is -2.28. The Kier molecular flexibility index (Phi) is 5.65. The van der Waals surface area contributed by atoms with Crippen LogP contribution in [0.1, 0.15) is 21.6 Å². The number of rotatable bonds is 5. The van der Waals surface area contributed by atoms with Crippen LogP contribution in [0.4, 0.5) is 4.39 Å². The first kappa shape index (κ1) is 20.9. The Labute approximate surface area is 183 Å². The highest BCUT2D eigenvalue weighted by molar-refractivity contribution is 6.31. The number of ether oxygens (including phenoxy) is 1. The van der Waals surface area contributed by atoms with Crippen molar-refractivity contribution in [2.75, 3.05) is 13.7 Å². The minimum Gasteiger partial charge on any atom is -0.497 e. The minimum atomic E-state index is -0.668. The van der Waals surface area contributed by atoms with Crippen LogP contribution in [0.25, 0.3) is 11.3 Å². The number of hydrogen-bond acceptors (Lipinski definition) is 4. The van der Waals surface area contributed by atoms with Crippen molar-refractivity contribution in [1.29, 1.82) is 0 Å². The summed E-state index contributed by atoms with van der Waals surface area (Å²) < 4.78 is 20.4. The summed E-state index contributed by atoms with van der Waals surface area (Å²) >= 11 is 5.90. The molecule has 160 valence electrons. The lowest BCUT2D eigenvalue weighted by atomic mass is 10.0. The van der Waals surface area contributed by atoms with Gasteiger partial charge in [-0.15, -0.1) is 0 Å². The molecule has 1 aliphatic rings. The van der Waals surface area contributed by atoms with E-state index in [2.05, 4.69) is 5.10 Å². The molecule has 0 radical (unpaired) electrons. The molecule has 31 heavy (non-hydrogen) atoms. The summed E-state index contributed by atoms with van der Waals surface area (Å²) in [5.41, 5.74) is 8.05. The molecule has 0 fully saturated rings. The summed E-state index contributed by atoms with van der Waals surface area (Å²) in [7, 11) is 1.57. The molecule has 0 unspecified atom stereocenters. The number of primary amides is 1. The van der Waals surface area contributed by atoms with E-state index in [-0.39, 0.29) is 29.5 Å². The van der Waals surface area contributed by atoms with Crippen LogP contribution < -0.4 is 10.5 Å². The monoisotopic (exact) mass is 442 g/mol. The Morgan fingerprint density at radius 2 is 2.03 bits per heavy atom. The SMILES string of the molecule is COc1cccc(CC(=O)N2CCn3nc(-c4ccc(F)c(Cl)c4)c(C(N)=O)c3C2)c1. The highest BCUT2D eigenvalue weighted by Crippen LogP contribution is 2.30. The third-order valence-electron chi connectivity index (χ3n) is 5.26. The predicted octanol–water partition coefficient (Wildman–Crippen LogP) is 3.04. The van der Waals surface area contributed by atoms with Crippen molar-refractivity contribution in [1.82, 2.24) is 14.7 Å². The maximum absolute atomic E-state index is 13.6. The number of hydrogen-bond donors (Lipinski definition) is 1. The van der Waals surface area contributed by atoms with Crippen molar-refractivity contribution in [3.05, 3.63) is 70.1 Å². The van der Waals surface area contributed by atoms with Gasteiger partial charge in [-0.1, -0.05) is 23.7 Å². The first-order chi connectivity index (χ1) is 14.9. The molecule has 0 spiro atoms. The third kappa shape index (κ3) is 4.11. The van der Waals surface area contributed by atoms with Crippen molar-refractivity contribution < 1.29 is 18.7 Å². The van der Waals surface area contributed by atoms with Gasteiger partial charge < -0.3 is 15.4 Å². The van der Waals surface area contributed by atoms with Gasteiger partial charge in [0.15, 0.2) is 0 Å². The highest BCUT2D eigenvalue weighted by Gasteiger charge is 2.29. The first-order valence-corrected chi connectivity index (χ1v) is 10.0. The van der Waals surface area contributed by atoms with Crippen molar-refractivity contribution in [2.24, 2.45) is 5.73 Å². The van der Waals surface area contributed by atoms with Crippen LogP contribution in [0.3, 0.4) is 0 Å². The number of fused-ring (bicyclic) bond motifs is 1. The minimum absolute atomic E-state index is 0.0750. The Morgan fingerprint density at radius 3 is 2.74 bits per heavy atom. The smallest absolute Gasteiger partial charge is 0.252 e. The van der Waals surface area contributed by atoms with Gasteiger partial charge in [0.25, 0.3) is 5.91 Å². The van der Waals surface area contributed by atoms with E-state index >= 15 is 0 Å². The second-order valence-corrected chi connectivity index (χ2v) is 7.64. The van der Waals surface area contributed by atoms with E-state index in [1.54, 1.807) is 16.7 Å². The Morgan fingerprint density at radius 1 is 1.23 bits per heavy atom. The average molecular weight is 443 g/mol. The van der Waals surface area contributed by atoms with Gasteiger partial charge in [0.05, 0.1) is 42.9 Å². The van der Waals surface area contributed by atoms with E-state index in [4.69, 9.17) is 22.1 Å². The number of carbonyl (C=O) groups is 2. The fourth-order valence-electron chi connectivity index (χ4n) is 3.70. The van der Waals surface area contributed by atoms with Gasteiger partial charge in [0, 0.05) is 12.1 Å². The van der Waals surface area contributed by atoms with Crippen LogP contribution in [-0.2, 0) is 24.3 Å². The van der Waals surface area contributed by atoms with Gasteiger partial charge in [0.1, 0.15) is 17.3 Å². The molecule has 2 amide bonds. The van der Waals surface area contributed by atoms with Crippen LogP contribution in [0, 0.1) is 5.82 Å². The molecule has 3 aromatic rings. The maximum Gasteiger partial charge on any atom is 0.252 e. The van der Waals surface area contributed by atoms with Crippen LogP contribution in [0.15, 0.2) is 42.5 Å². The molecule has 0 aliphatic carbocycles. The molecule has 2 aromatic carbocycles. The molecule has 1 aromatic heterocycles. The lowest BCUT2D eigenvalue weighted by Crippen LogP contribution is -2.40. The van der Waals surface area contributed by atoms with E-state index in [1.165, 1.54) is 18.2 Å². The summed E-state index contributed by atoms with van der Waals surface area (Å²) in [6, 6.07) is 11.4. The van der Waals surface area contributed by atoms with Crippen molar-refractivity contribution in [2.45, 2.75) is 19.5 Å². The first-order valence-electron chi connectivity index (χ1n) is 9.63. The summed E-state index contributed by atoms with van der Waals surface area (Å²) in [6.45, 7) is 1.05. The molecule has 9 heteroatoms. The summed E-state index contributed by atoms with van der Waals surface area (Å²) in [4.78, 5) is 26.8. The zero-order valence-corrected chi connectivity index (χ0v) is 17.5. The summed E-state index contributed by atoms with van der Waals surface area (Å²) in [6.07, 6.45) is 0.206. The van der Waals surface area contributed by atoms with E-state index in [0.29, 0.717) is 35.8 Å². The molecule has 0 atom stereocenters.